The molecule has 0 N–H and O–H groups in total. The van der Waals surface area contributed by atoms with Gasteiger partial charge in [-0.25, -0.2) is 4.79 Å². The minimum Gasteiger partial charge on any atom is -0.444 e. The first-order valence-electron chi connectivity index (χ1n) is 9.01. The zero-order chi connectivity index (χ0) is 17.5. The smallest absolute Gasteiger partial charge is 0.411 e. The molecule has 1 aromatic rings. The van der Waals surface area contributed by atoms with Crippen molar-refractivity contribution < 1.29 is 9.53 Å². The van der Waals surface area contributed by atoms with E-state index in [9.17, 15) is 4.79 Å². The fraction of sp³-hybridized carbons (Fsp3) is 0.684. The molecule has 1 fully saturated rings. The molecule has 3 rings (SSSR count). The summed E-state index contributed by atoms with van der Waals surface area (Å²) >= 11 is 0. The van der Waals surface area contributed by atoms with Gasteiger partial charge in [0.15, 0.2) is 0 Å². The van der Waals surface area contributed by atoms with Gasteiger partial charge >= 0.3 is 6.09 Å². The number of ether oxygens (including phenoxy) is 1. The highest BCUT2D eigenvalue weighted by Gasteiger charge is 2.39. The molecule has 2 atom stereocenters. The number of rotatable bonds is 2. The molecule has 0 radical (unpaired) electrons. The van der Waals surface area contributed by atoms with Gasteiger partial charge < -0.3 is 4.74 Å². The molecule has 2 aliphatic rings. The molecule has 3 heterocycles. The molecular formula is C19H29N3O2. The number of hydrogen-bond donors (Lipinski definition) is 0. The molecule has 1 aromatic heterocycles. The van der Waals surface area contributed by atoms with E-state index in [2.05, 4.69) is 31.2 Å². The second-order valence-corrected chi connectivity index (χ2v) is 8.24. The van der Waals surface area contributed by atoms with Gasteiger partial charge in [-0.2, -0.15) is 5.10 Å². The van der Waals surface area contributed by atoms with E-state index in [-0.39, 0.29) is 18.2 Å². The van der Waals surface area contributed by atoms with E-state index in [1.54, 1.807) is 0 Å². The number of amides is 1. The van der Waals surface area contributed by atoms with E-state index < -0.39 is 5.60 Å². The van der Waals surface area contributed by atoms with Crippen molar-refractivity contribution in [1.29, 1.82) is 0 Å². The summed E-state index contributed by atoms with van der Waals surface area (Å²) in [5.74, 6) is 0. The monoisotopic (exact) mass is 331 g/mol. The number of aromatic nitrogens is 2. The van der Waals surface area contributed by atoms with Gasteiger partial charge in [0.2, 0.25) is 0 Å². The van der Waals surface area contributed by atoms with Crippen molar-refractivity contribution in [2.75, 3.05) is 0 Å². The Kier molecular flexibility index (Phi) is 4.45. The number of hydrogen-bond acceptors (Lipinski definition) is 3. The van der Waals surface area contributed by atoms with Crippen molar-refractivity contribution >= 4 is 11.7 Å². The zero-order valence-corrected chi connectivity index (χ0v) is 15.5. The fourth-order valence-electron chi connectivity index (χ4n) is 3.63. The maximum Gasteiger partial charge on any atom is 0.411 e. The van der Waals surface area contributed by atoms with Crippen LogP contribution < -0.4 is 0 Å². The Hall–Kier alpha value is -1.78. The van der Waals surface area contributed by atoms with Crippen LogP contribution in [0, 0.1) is 0 Å². The highest BCUT2D eigenvalue weighted by Crippen LogP contribution is 2.37. The Labute approximate surface area is 144 Å². The van der Waals surface area contributed by atoms with Crippen molar-refractivity contribution in [2.24, 2.45) is 0 Å². The number of carbonyl (C=O) groups is 1. The van der Waals surface area contributed by atoms with Gasteiger partial charge in [0.1, 0.15) is 5.60 Å². The van der Waals surface area contributed by atoms with Crippen LogP contribution in [-0.4, -0.2) is 38.5 Å². The average Bonchev–Trinajstić information content (AvgIpc) is 2.93. The summed E-state index contributed by atoms with van der Waals surface area (Å²) in [5.41, 5.74) is 2.05. The van der Waals surface area contributed by atoms with Crippen LogP contribution in [0.4, 0.5) is 4.79 Å². The lowest BCUT2D eigenvalue weighted by Crippen LogP contribution is -2.52. The molecule has 2 unspecified atom stereocenters. The van der Waals surface area contributed by atoms with Crippen molar-refractivity contribution in [3.63, 3.8) is 0 Å². The van der Waals surface area contributed by atoms with E-state index in [4.69, 9.17) is 4.74 Å². The summed E-state index contributed by atoms with van der Waals surface area (Å²) in [5, 5.41) is 4.46. The molecule has 0 aromatic carbocycles. The van der Waals surface area contributed by atoms with Crippen LogP contribution in [0.2, 0.25) is 0 Å². The maximum absolute atomic E-state index is 12.6. The molecule has 2 bridgehead atoms. The second-order valence-electron chi connectivity index (χ2n) is 8.24. The lowest BCUT2D eigenvalue weighted by molar-refractivity contribution is 0.0000862. The lowest BCUT2D eigenvalue weighted by Gasteiger charge is -2.45. The number of carbonyl (C=O) groups excluding carboxylic acids is 1. The van der Waals surface area contributed by atoms with Crippen LogP contribution in [0.3, 0.4) is 0 Å². The molecule has 5 nitrogen and oxygen atoms in total. The topological polar surface area (TPSA) is 47.4 Å². The summed E-state index contributed by atoms with van der Waals surface area (Å²) in [6.45, 7) is 10.0. The van der Waals surface area contributed by atoms with Gasteiger partial charge in [0.25, 0.3) is 0 Å². The Morgan fingerprint density at radius 3 is 2.67 bits per heavy atom. The largest absolute Gasteiger partial charge is 0.444 e. The van der Waals surface area contributed by atoms with Gasteiger partial charge in [-0.15, -0.1) is 0 Å². The molecular weight excluding hydrogens is 302 g/mol. The molecule has 1 amide bonds. The molecule has 1 saturated heterocycles. The predicted octanol–water partition coefficient (Wildman–Crippen LogP) is 4.41. The summed E-state index contributed by atoms with van der Waals surface area (Å²) < 4.78 is 7.62. The van der Waals surface area contributed by atoms with E-state index in [0.717, 1.165) is 19.3 Å². The van der Waals surface area contributed by atoms with Crippen LogP contribution >= 0.6 is 0 Å². The zero-order valence-electron chi connectivity index (χ0n) is 15.5. The molecule has 0 saturated carbocycles. The van der Waals surface area contributed by atoms with Crippen LogP contribution in [0.1, 0.15) is 71.9 Å². The first-order chi connectivity index (χ1) is 11.2. The van der Waals surface area contributed by atoms with Gasteiger partial charge in [-0.05, 0) is 65.9 Å². The third-order valence-corrected chi connectivity index (χ3v) is 4.74. The minimum atomic E-state index is -0.451. The first-order valence-corrected chi connectivity index (χ1v) is 9.01. The van der Waals surface area contributed by atoms with Gasteiger partial charge in [0, 0.05) is 23.8 Å². The molecule has 132 valence electrons. The number of fused-ring (bicyclic) bond motifs is 2. The van der Waals surface area contributed by atoms with E-state index >= 15 is 0 Å². The van der Waals surface area contributed by atoms with E-state index in [0.29, 0.717) is 6.04 Å². The van der Waals surface area contributed by atoms with Gasteiger partial charge in [0.05, 0.1) is 12.2 Å². The van der Waals surface area contributed by atoms with Crippen molar-refractivity contribution in [2.45, 2.75) is 84.0 Å². The summed E-state index contributed by atoms with van der Waals surface area (Å²) in [4.78, 5) is 14.6. The van der Waals surface area contributed by atoms with E-state index in [1.807, 2.05) is 36.5 Å². The standard InChI is InChI=1S/C19H29N3O2/c1-13(2)21-12-15(11-20-21)14-9-16-7-6-8-17(10-14)22(16)18(23)24-19(3,4)5/h9,11-13,16-17H,6-8,10H2,1-5H3. The average molecular weight is 331 g/mol. The predicted molar refractivity (Wildman–Crippen MR) is 94.7 cm³/mol. The van der Waals surface area contributed by atoms with E-state index in [1.165, 1.54) is 17.6 Å². The SMILES string of the molecule is CC(C)n1cc(C2=CC3CCCC(C2)N3C(=O)OC(C)(C)C)cn1. The second kappa shape index (κ2) is 6.26. The van der Waals surface area contributed by atoms with Crippen molar-refractivity contribution in [1.82, 2.24) is 14.7 Å². The molecule has 0 spiro atoms. The van der Waals surface area contributed by atoms with Gasteiger partial charge in [-0.1, -0.05) is 6.08 Å². The molecule has 2 aliphatic heterocycles. The molecule has 5 heteroatoms. The van der Waals surface area contributed by atoms with Crippen LogP contribution in [0.15, 0.2) is 18.5 Å². The summed E-state index contributed by atoms with van der Waals surface area (Å²) in [6, 6.07) is 0.742. The maximum atomic E-state index is 12.6. The molecule has 24 heavy (non-hydrogen) atoms. The Morgan fingerprint density at radius 1 is 1.33 bits per heavy atom. The molecule has 0 aliphatic carbocycles. The summed E-state index contributed by atoms with van der Waals surface area (Å²) in [7, 11) is 0. The number of piperidine rings is 1. The minimum absolute atomic E-state index is 0.143. The Balaban J connectivity index is 1.83. The third kappa shape index (κ3) is 3.50. The Morgan fingerprint density at radius 2 is 2.08 bits per heavy atom. The lowest BCUT2D eigenvalue weighted by atomic mass is 9.84. The summed E-state index contributed by atoms with van der Waals surface area (Å²) in [6.07, 6.45) is 10.3. The third-order valence-electron chi connectivity index (χ3n) is 4.74. The number of nitrogens with zero attached hydrogens (tertiary/aromatic N) is 3. The highest BCUT2D eigenvalue weighted by atomic mass is 16.6. The first kappa shape index (κ1) is 17.1. The van der Waals surface area contributed by atoms with Crippen molar-refractivity contribution in [3.05, 3.63) is 24.0 Å². The normalized spacial score (nSPS) is 24.1. The van der Waals surface area contributed by atoms with Crippen LogP contribution in [-0.2, 0) is 4.74 Å². The van der Waals surface area contributed by atoms with Crippen LogP contribution in [0.5, 0.6) is 0 Å². The quantitative estimate of drug-likeness (QED) is 0.806. The fourth-order valence-corrected chi connectivity index (χ4v) is 3.63. The van der Waals surface area contributed by atoms with Gasteiger partial charge in [-0.3, -0.25) is 9.58 Å². The Bertz CT molecular complexity index is 639. The van der Waals surface area contributed by atoms with Crippen LogP contribution in [0.25, 0.3) is 5.57 Å². The highest BCUT2D eigenvalue weighted by molar-refractivity contribution is 5.74. The van der Waals surface area contributed by atoms with Crippen molar-refractivity contribution in [3.8, 4) is 0 Å².